The highest BCUT2D eigenvalue weighted by molar-refractivity contribution is 7.89. The Morgan fingerprint density at radius 2 is 1.85 bits per heavy atom. The summed E-state index contributed by atoms with van der Waals surface area (Å²) in [7, 11) is -1.69. The summed E-state index contributed by atoms with van der Waals surface area (Å²) in [6, 6.07) is 4.32. The average Bonchev–Trinajstić information content (AvgIpc) is 2.62. The maximum atomic E-state index is 12.9. The summed E-state index contributed by atoms with van der Waals surface area (Å²) in [5, 5.41) is 11.6. The van der Waals surface area contributed by atoms with Crippen molar-refractivity contribution in [3.8, 4) is 0 Å². The number of nitrogens with zero attached hydrogens (tertiary/aromatic N) is 4. The van der Waals surface area contributed by atoms with Gasteiger partial charge < -0.3 is 9.80 Å². The van der Waals surface area contributed by atoms with Crippen LogP contribution in [0.3, 0.4) is 0 Å². The molecule has 144 valence electrons. The molecule has 0 aromatic heterocycles. The Labute approximate surface area is 154 Å². The van der Waals surface area contributed by atoms with Crippen LogP contribution < -0.4 is 4.90 Å². The number of hydrogen-bond acceptors (Lipinski definition) is 6. The topological polar surface area (TPSA) is 87.0 Å². The molecule has 26 heavy (non-hydrogen) atoms. The molecule has 2 saturated heterocycles. The lowest BCUT2D eigenvalue weighted by Crippen LogP contribution is -2.44. The summed E-state index contributed by atoms with van der Waals surface area (Å²) in [4.78, 5) is 15.2. The molecule has 1 atom stereocenters. The van der Waals surface area contributed by atoms with Gasteiger partial charge in [-0.05, 0) is 37.9 Å². The van der Waals surface area contributed by atoms with E-state index in [1.807, 2.05) is 18.9 Å². The van der Waals surface area contributed by atoms with Crippen LogP contribution in [0.1, 0.15) is 19.8 Å². The zero-order valence-corrected chi connectivity index (χ0v) is 16.1. The standard InChI is InChI=1S/C17H26N4O4S/c1-14-4-3-7-20(13-14)26(24,25)15-5-6-16(17(12-15)21(22)23)19-10-8-18(2)9-11-19/h5-6,12,14H,3-4,7-11,13H2,1-2H3/t14-/m1/s1. The van der Waals surface area contributed by atoms with Crippen LogP contribution in [0.2, 0.25) is 0 Å². The first-order chi connectivity index (χ1) is 12.3. The van der Waals surface area contributed by atoms with Crippen LogP contribution in [-0.2, 0) is 10.0 Å². The number of anilines is 1. The van der Waals surface area contributed by atoms with Gasteiger partial charge in [0.05, 0.1) is 9.82 Å². The fraction of sp³-hybridized carbons (Fsp3) is 0.647. The molecule has 2 aliphatic heterocycles. The monoisotopic (exact) mass is 382 g/mol. The summed E-state index contributed by atoms with van der Waals surface area (Å²) >= 11 is 0. The lowest BCUT2D eigenvalue weighted by atomic mass is 10.0. The summed E-state index contributed by atoms with van der Waals surface area (Å²) in [5.41, 5.74) is 0.356. The minimum Gasteiger partial charge on any atom is -0.363 e. The van der Waals surface area contributed by atoms with E-state index < -0.39 is 14.9 Å². The molecule has 0 saturated carbocycles. The number of sulfonamides is 1. The Morgan fingerprint density at radius 3 is 2.46 bits per heavy atom. The van der Waals surface area contributed by atoms with Crippen LogP contribution >= 0.6 is 0 Å². The van der Waals surface area contributed by atoms with Crippen LogP contribution in [0.15, 0.2) is 23.1 Å². The second kappa shape index (κ2) is 7.50. The van der Waals surface area contributed by atoms with Gasteiger partial charge in [-0.2, -0.15) is 4.31 Å². The van der Waals surface area contributed by atoms with Gasteiger partial charge in [0.25, 0.3) is 5.69 Å². The molecule has 2 aliphatic rings. The summed E-state index contributed by atoms with van der Waals surface area (Å²) < 4.78 is 27.3. The SMILES string of the molecule is C[C@@H]1CCCN(S(=O)(=O)c2ccc(N3CCN(C)CC3)c([N+](=O)[O-])c2)C1. The van der Waals surface area contributed by atoms with E-state index in [1.54, 1.807) is 6.07 Å². The molecular weight excluding hydrogens is 356 g/mol. The number of piperidine rings is 1. The number of nitro benzene ring substituents is 1. The molecule has 2 heterocycles. The van der Waals surface area contributed by atoms with Gasteiger partial charge in [-0.3, -0.25) is 10.1 Å². The highest BCUT2D eigenvalue weighted by Crippen LogP contribution is 2.33. The molecule has 3 rings (SSSR count). The predicted octanol–water partition coefficient (Wildman–Crippen LogP) is 1.77. The lowest BCUT2D eigenvalue weighted by molar-refractivity contribution is -0.384. The van der Waals surface area contributed by atoms with Gasteiger partial charge in [0.15, 0.2) is 0 Å². The number of rotatable bonds is 4. The van der Waals surface area contributed by atoms with Crippen molar-refractivity contribution in [2.75, 3.05) is 51.2 Å². The molecule has 1 aromatic rings. The van der Waals surface area contributed by atoms with Crippen LogP contribution in [0.4, 0.5) is 11.4 Å². The Hall–Kier alpha value is -1.71. The Balaban J connectivity index is 1.92. The van der Waals surface area contributed by atoms with Crippen molar-refractivity contribution in [2.24, 2.45) is 5.92 Å². The first-order valence-electron chi connectivity index (χ1n) is 9.01. The van der Waals surface area contributed by atoms with E-state index in [4.69, 9.17) is 0 Å². The summed E-state index contributed by atoms with van der Waals surface area (Å²) in [6.07, 6.45) is 1.83. The van der Waals surface area contributed by atoms with E-state index in [0.29, 0.717) is 37.8 Å². The highest BCUT2D eigenvalue weighted by atomic mass is 32.2. The predicted molar refractivity (Wildman–Crippen MR) is 100.0 cm³/mol. The van der Waals surface area contributed by atoms with Gasteiger partial charge in [-0.15, -0.1) is 0 Å². The zero-order valence-electron chi connectivity index (χ0n) is 15.3. The fourth-order valence-electron chi connectivity index (χ4n) is 3.64. The number of nitro groups is 1. The number of benzene rings is 1. The Bertz CT molecular complexity index is 775. The highest BCUT2D eigenvalue weighted by Gasteiger charge is 2.31. The maximum absolute atomic E-state index is 12.9. The van der Waals surface area contributed by atoms with Crippen molar-refractivity contribution in [3.05, 3.63) is 28.3 Å². The van der Waals surface area contributed by atoms with Crippen molar-refractivity contribution in [3.63, 3.8) is 0 Å². The van der Waals surface area contributed by atoms with E-state index in [2.05, 4.69) is 4.90 Å². The van der Waals surface area contributed by atoms with Gasteiger partial charge in [0.1, 0.15) is 5.69 Å². The van der Waals surface area contributed by atoms with E-state index in [9.17, 15) is 18.5 Å². The minimum atomic E-state index is -3.71. The molecule has 9 heteroatoms. The van der Waals surface area contributed by atoms with Crippen LogP contribution in [0, 0.1) is 16.0 Å². The van der Waals surface area contributed by atoms with E-state index >= 15 is 0 Å². The number of likely N-dealkylation sites (N-methyl/N-ethyl adjacent to an activating group) is 1. The van der Waals surface area contributed by atoms with Crippen LogP contribution in [-0.4, -0.2) is 68.9 Å². The third kappa shape index (κ3) is 3.84. The largest absolute Gasteiger partial charge is 0.363 e. The van der Waals surface area contributed by atoms with E-state index in [1.165, 1.54) is 16.4 Å². The summed E-state index contributed by atoms with van der Waals surface area (Å²) in [5.74, 6) is 0.304. The van der Waals surface area contributed by atoms with E-state index in [0.717, 1.165) is 25.9 Å². The van der Waals surface area contributed by atoms with Crippen molar-refractivity contribution >= 4 is 21.4 Å². The second-order valence-electron chi connectivity index (χ2n) is 7.31. The third-order valence-corrected chi connectivity index (χ3v) is 7.11. The Morgan fingerprint density at radius 1 is 1.15 bits per heavy atom. The molecule has 8 nitrogen and oxygen atoms in total. The van der Waals surface area contributed by atoms with Crippen molar-refractivity contribution in [2.45, 2.75) is 24.7 Å². The quantitative estimate of drug-likeness (QED) is 0.583. The van der Waals surface area contributed by atoms with Crippen LogP contribution in [0.25, 0.3) is 0 Å². The lowest BCUT2D eigenvalue weighted by Gasteiger charge is -2.34. The fourth-order valence-corrected chi connectivity index (χ4v) is 5.26. The van der Waals surface area contributed by atoms with Gasteiger partial charge in [0.2, 0.25) is 10.0 Å². The molecule has 0 aliphatic carbocycles. The molecule has 0 amide bonds. The first kappa shape index (κ1) is 19.1. The molecule has 0 radical (unpaired) electrons. The van der Waals surface area contributed by atoms with E-state index in [-0.39, 0.29) is 10.6 Å². The molecule has 2 fully saturated rings. The van der Waals surface area contributed by atoms with Gasteiger partial charge in [-0.25, -0.2) is 8.42 Å². The van der Waals surface area contributed by atoms with Crippen molar-refractivity contribution < 1.29 is 13.3 Å². The molecule has 0 bridgehead atoms. The van der Waals surface area contributed by atoms with Crippen molar-refractivity contribution in [1.29, 1.82) is 0 Å². The van der Waals surface area contributed by atoms with Crippen LogP contribution in [0.5, 0.6) is 0 Å². The third-order valence-electron chi connectivity index (χ3n) is 5.25. The first-order valence-corrected chi connectivity index (χ1v) is 10.4. The minimum absolute atomic E-state index is 0.0103. The second-order valence-corrected chi connectivity index (χ2v) is 9.25. The van der Waals surface area contributed by atoms with Crippen molar-refractivity contribution in [1.82, 2.24) is 9.21 Å². The summed E-state index contributed by atoms with van der Waals surface area (Å²) in [6.45, 7) is 5.99. The molecular formula is C17H26N4O4S. The van der Waals surface area contributed by atoms with Gasteiger partial charge in [0, 0.05) is 45.3 Å². The molecule has 0 unspecified atom stereocenters. The maximum Gasteiger partial charge on any atom is 0.293 e. The molecule has 1 aromatic carbocycles. The normalized spacial score (nSPS) is 23.2. The van der Waals surface area contributed by atoms with Gasteiger partial charge in [-0.1, -0.05) is 6.92 Å². The zero-order chi connectivity index (χ0) is 18.9. The number of hydrogen-bond donors (Lipinski definition) is 0. The average molecular weight is 382 g/mol. The Kier molecular flexibility index (Phi) is 5.50. The molecule has 0 N–H and O–H groups in total. The smallest absolute Gasteiger partial charge is 0.293 e. The number of piperazine rings is 1. The molecule has 0 spiro atoms. The van der Waals surface area contributed by atoms with Gasteiger partial charge >= 0.3 is 0 Å².